The lowest BCUT2D eigenvalue weighted by Gasteiger charge is -2.34. The normalized spacial score (nSPS) is 11.9. The van der Waals surface area contributed by atoms with E-state index in [4.69, 9.17) is 21.1 Å². The van der Waals surface area contributed by atoms with E-state index in [1.807, 2.05) is 51.1 Å². The number of benzene rings is 4. The Morgan fingerprint density at radius 1 is 0.851 bits per heavy atom. The number of nitrogens with one attached hydrogen (secondary N) is 1. The number of methoxy groups -OCH3 is 2. The van der Waals surface area contributed by atoms with Gasteiger partial charge in [0.05, 0.1) is 24.8 Å². The van der Waals surface area contributed by atoms with Crippen LogP contribution >= 0.6 is 11.6 Å². The molecule has 4 rings (SSSR count). The summed E-state index contributed by atoms with van der Waals surface area (Å²) in [7, 11) is -1.46. The number of carbonyl (C=O) groups is 2. The van der Waals surface area contributed by atoms with Gasteiger partial charge >= 0.3 is 0 Å². The van der Waals surface area contributed by atoms with Crippen molar-refractivity contribution in [3.63, 3.8) is 0 Å². The first-order chi connectivity index (χ1) is 22.4. The van der Waals surface area contributed by atoms with Crippen molar-refractivity contribution in [1.29, 1.82) is 0 Å². The lowest BCUT2D eigenvalue weighted by molar-refractivity contribution is -0.140. The molecule has 0 spiro atoms. The van der Waals surface area contributed by atoms with Crippen LogP contribution in [0.4, 0.5) is 5.69 Å². The standard InChI is InChI=1S/C36H40ClN3O6S/c1-25(2)38-36(42)32(21-27-11-7-6-8-12-27)39(23-28-13-9-10-14-31(28)37)35(41)24-40(29-17-15-26(3)16-18-29)47(43,44)30-19-20-33(45-4)34(22-30)46-5/h6-20,22,25,32H,21,23-24H2,1-5H3,(H,38,42)/t32-/m0/s1. The maximum atomic E-state index is 14.6. The topological polar surface area (TPSA) is 105 Å². The third-order valence-corrected chi connectivity index (χ3v) is 9.68. The highest BCUT2D eigenvalue weighted by Gasteiger charge is 2.35. The fraction of sp³-hybridized carbons (Fsp3) is 0.278. The second kappa shape index (κ2) is 15.8. The number of hydrogen-bond donors (Lipinski definition) is 1. The molecule has 4 aromatic rings. The first-order valence-electron chi connectivity index (χ1n) is 15.1. The molecule has 4 aromatic carbocycles. The predicted molar refractivity (Wildman–Crippen MR) is 184 cm³/mol. The van der Waals surface area contributed by atoms with Crippen LogP contribution in [0, 0.1) is 6.92 Å². The number of rotatable bonds is 14. The molecule has 0 saturated carbocycles. The third-order valence-electron chi connectivity index (χ3n) is 7.54. The Bertz CT molecular complexity index is 1780. The van der Waals surface area contributed by atoms with Crippen LogP contribution in [0.1, 0.15) is 30.5 Å². The van der Waals surface area contributed by atoms with Gasteiger partial charge in [-0.25, -0.2) is 8.42 Å². The number of ether oxygens (including phenoxy) is 2. The minimum absolute atomic E-state index is 0.0281. The van der Waals surface area contributed by atoms with E-state index in [0.717, 1.165) is 15.4 Å². The molecule has 0 aliphatic carbocycles. The molecule has 9 nitrogen and oxygen atoms in total. The Morgan fingerprint density at radius 2 is 1.49 bits per heavy atom. The van der Waals surface area contributed by atoms with Crippen LogP contribution in [0.3, 0.4) is 0 Å². The second-order valence-corrected chi connectivity index (χ2v) is 13.6. The van der Waals surface area contributed by atoms with Gasteiger partial charge in [0.15, 0.2) is 11.5 Å². The van der Waals surface area contributed by atoms with Crippen molar-refractivity contribution in [2.45, 2.75) is 50.7 Å². The maximum absolute atomic E-state index is 14.6. The predicted octanol–water partition coefficient (Wildman–Crippen LogP) is 6.03. The van der Waals surface area contributed by atoms with Gasteiger partial charge in [0.25, 0.3) is 10.0 Å². The zero-order valence-corrected chi connectivity index (χ0v) is 28.7. The molecule has 0 saturated heterocycles. The van der Waals surface area contributed by atoms with Crippen molar-refractivity contribution >= 4 is 39.1 Å². The molecule has 0 radical (unpaired) electrons. The quantitative estimate of drug-likeness (QED) is 0.175. The molecule has 0 aromatic heterocycles. The highest BCUT2D eigenvalue weighted by molar-refractivity contribution is 7.92. The van der Waals surface area contributed by atoms with Gasteiger partial charge in [0.1, 0.15) is 12.6 Å². The molecule has 1 N–H and O–H groups in total. The van der Waals surface area contributed by atoms with E-state index in [2.05, 4.69) is 5.32 Å². The summed E-state index contributed by atoms with van der Waals surface area (Å²) >= 11 is 6.56. The maximum Gasteiger partial charge on any atom is 0.264 e. The molecule has 47 heavy (non-hydrogen) atoms. The van der Waals surface area contributed by atoms with Crippen LogP contribution in [0.15, 0.2) is 102 Å². The molecular formula is C36H40ClN3O6S. The number of halogens is 1. The Hall–Kier alpha value is -4.54. The number of amides is 2. The van der Waals surface area contributed by atoms with E-state index in [-0.39, 0.29) is 41.2 Å². The molecule has 0 bridgehead atoms. The molecule has 0 aliphatic heterocycles. The van der Waals surface area contributed by atoms with Gasteiger partial charge in [-0.2, -0.15) is 0 Å². The zero-order valence-electron chi connectivity index (χ0n) is 27.1. The molecule has 248 valence electrons. The number of carbonyl (C=O) groups excluding carboxylic acids is 2. The molecule has 0 unspecified atom stereocenters. The minimum atomic E-state index is -4.33. The van der Waals surface area contributed by atoms with Crippen molar-refractivity contribution in [2.75, 3.05) is 25.1 Å². The van der Waals surface area contributed by atoms with E-state index >= 15 is 0 Å². The SMILES string of the molecule is COc1ccc(S(=O)(=O)N(CC(=O)N(Cc2ccccc2Cl)[C@@H](Cc2ccccc2)C(=O)NC(C)C)c2ccc(C)cc2)cc1OC. The molecule has 0 heterocycles. The van der Waals surface area contributed by atoms with Gasteiger partial charge in [-0.15, -0.1) is 0 Å². The van der Waals surface area contributed by atoms with Crippen LogP contribution in [-0.2, 0) is 32.6 Å². The highest BCUT2D eigenvalue weighted by atomic mass is 35.5. The number of aryl methyl sites for hydroxylation is 1. The highest BCUT2D eigenvalue weighted by Crippen LogP contribution is 2.33. The molecule has 0 aliphatic rings. The summed E-state index contributed by atoms with van der Waals surface area (Å²) in [5.74, 6) is -0.379. The fourth-order valence-electron chi connectivity index (χ4n) is 5.09. The largest absolute Gasteiger partial charge is 0.493 e. The number of nitrogens with zero attached hydrogens (tertiary/aromatic N) is 2. The van der Waals surface area contributed by atoms with Gasteiger partial charge in [-0.1, -0.05) is 77.8 Å². The zero-order chi connectivity index (χ0) is 34.1. The molecule has 0 fully saturated rings. The number of hydrogen-bond acceptors (Lipinski definition) is 6. The van der Waals surface area contributed by atoms with Gasteiger partial charge < -0.3 is 19.7 Å². The molecule has 2 amide bonds. The number of sulfonamides is 1. The lowest BCUT2D eigenvalue weighted by Crippen LogP contribution is -2.54. The Balaban J connectivity index is 1.83. The summed E-state index contributed by atoms with van der Waals surface area (Å²) in [5, 5.41) is 3.36. The third kappa shape index (κ3) is 8.84. The lowest BCUT2D eigenvalue weighted by atomic mass is 10.0. The number of anilines is 1. The minimum Gasteiger partial charge on any atom is -0.493 e. The first-order valence-corrected chi connectivity index (χ1v) is 16.9. The average Bonchev–Trinajstić information content (AvgIpc) is 3.06. The van der Waals surface area contributed by atoms with Crippen molar-refractivity contribution < 1.29 is 27.5 Å². The molecular weight excluding hydrogens is 638 g/mol. The Kier molecular flexibility index (Phi) is 11.9. The van der Waals surface area contributed by atoms with Crippen molar-refractivity contribution in [2.24, 2.45) is 0 Å². The fourth-order valence-corrected chi connectivity index (χ4v) is 6.71. The summed E-state index contributed by atoms with van der Waals surface area (Å²) in [6.45, 7) is 4.94. The van der Waals surface area contributed by atoms with E-state index in [0.29, 0.717) is 16.3 Å². The van der Waals surface area contributed by atoms with Crippen LogP contribution in [0.2, 0.25) is 5.02 Å². The van der Waals surface area contributed by atoms with Gasteiger partial charge in [-0.3, -0.25) is 13.9 Å². The summed E-state index contributed by atoms with van der Waals surface area (Å²) in [6, 6.07) is 26.3. The van der Waals surface area contributed by atoms with E-state index in [1.54, 1.807) is 48.5 Å². The Labute approximate surface area is 282 Å². The van der Waals surface area contributed by atoms with E-state index < -0.39 is 28.5 Å². The monoisotopic (exact) mass is 677 g/mol. The second-order valence-electron chi connectivity index (χ2n) is 11.3. The molecule has 1 atom stereocenters. The van der Waals surface area contributed by atoms with Crippen molar-refractivity contribution in [3.8, 4) is 11.5 Å². The van der Waals surface area contributed by atoms with Gasteiger partial charge in [-0.05, 0) is 62.2 Å². The first kappa shape index (κ1) is 35.3. The summed E-state index contributed by atoms with van der Waals surface area (Å²) < 4.78 is 40.4. The summed E-state index contributed by atoms with van der Waals surface area (Å²) in [6.07, 6.45) is 0.197. The van der Waals surface area contributed by atoms with Crippen LogP contribution < -0.4 is 19.1 Å². The van der Waals surface area contributed by atoms with Crippen molar-refractivity contribution in [1.82, 2.24) is 10.2 Å². The summed E-state index contributed by atoms with van der Waals surface area (Å²) in [5.41, 5.74) is 2.64. The van der Waals surface area contributed by atoms with E-state index in [9.17, 15) is 18.0 Å². The smallest absolute Gasteiger partial charge is 0.264 e. The van der Waals surface area contributed by atoms with E-state index in [1.165, 1.54) is 37.3 Å². The van der Waals surface area contributed by atoms with Crippen LogP contribution in [-0.4, -0.2) is 58.0 Å². The van der Waals surface area contributed by atoms with Gasteiger partial charge in [0, 0.05) is 30.1 Å². The Morgan fingerprint density at radius 3 is 2.11 bits per heavy atom. The van der Waals surface area contributed by atoms with Crippen molar-refractivity contribution in [3.05, 3.63) is 119 Å². The van der Waals surface area contributed by atoms with Crippen LogP contribution in [0.25, 0.3) is 0 Å². The average molecular weight is 678 g/mol. The molecule has 11 heteroatoms. The van der Waals surface area contributed by atoms with Crippen LogP contribution in [0.5, 0.6) is 11.5 Å². The van der Waals surface area contributed by atoms with Gasteiger partial charge in [0.2, 0.25) is 11.8 Å². The summed E-state index contributed by atoms with van der Waals surface area (Å²) in [4.78, 5) is 29.7.